The van der Waals surface area contributed by atoms with Crippen molar-refractivity contribution in [3.8, 4) is 0 Å². The van der Waals surface area contributed by atoms with Crippen molar-refractivity contribution in [1.29, 1.82) is 0 Å². The van der Waals surface area contributed by atoms with Crippen LogP contribution < -0.4 is 10.6 Å². The summed E-state index contributed by atoms with van der Waals surface area (Å²) in [5.41, 5.74) is 5.58. The van der Waals surface area contributed by atoms with Crippen LogP contribution in [0.3, 0.4) is 0 Å². The van der Waals surface area contributed by atoms with E-state index in [1.165, 1.54) is 5.56 Å². The molecule has 3 N–H and O–H groups in total. The molecular weight excluding hydrogens is 462 g/mol. The van der Waals surface area contributed by atoms with Gasteiger partial charge in [-0.05, 0) is 74.2 Å². The van der Waals surface area contributed by atoms with E-state index in [9.17, 15) is 8.42 Å². The Bertz CT molecular complexity index is 1360. The van der Waals surface area contributed by atoms with Crippen LogP contribution in [0, 0.1) is 0 Å². The molecule has 180 valence electrons. The molecule has 1 fully saturated rings. The van der Waals surface area contributed by atoms with Gasteiger partial charge in [-0.2, -0.15) is 0 Å². The summed E-state index contributed by atoms with van der Waals surface area (Å²) in [6.07, 6.45) is 10.3. The Morgan fingerprint density at radius 2 is 1.69 bits per heavy atom. The molecule has 2 aromatic carbocycles. The first-order chi connectivity index (χ1) is 17.0. The molecule has 1 aromatic heterocycles. The molecule has 2 heterocycles. The number of piperidine rings is 1. The average Bonchev–Trinajstić information content (AvgIpc) is 3.31. The second-order valence-corrected chi connectivity index (χ2v) is 11.0. The van der Waals surface area contributed by atoms with E-state index in [2.05, 4.69) is 31.8 Å². The standard InChI is InChI=1S/C26H27N5O3S/c32-31-25-10-4-20-15-18(3-9-24(20)25)1-2-19-16-28-26(29-17-19)30-21-5-7-22(8-6-21)35(33,34)23-11-13-27-14-12-23/h1-3,5-9,15-17,23,27,32H,4,10-14H2,(H,28,29,30). The number of hydrogen-bond acceptors (Lipinski definition) is 8. The van der Waals surface area contributed by atoms with E-state index in [4.69, 9.17) is 5.21 Å². The molecule has 0 spiro atoms. The van der Waals surface area contributed by atoms with Gasteiger partial charge in [0.1, 0.15) is 0 Å². The highest BCUT2D eigenvalue weighted by atomic mass is 32.2. The normalized spacial score (nSPS) is 17.7. The zero-order valence-corrected chi connectivity index (χ0v) is 20.0. The number of nitrogens with one attached hydrogen (secondary N) is 2. The van der Waals surface area contributed by atoms with Crippen LogP contribution >= 0.6 is 0 Å². The number of fused-ring (bicyclic) bond motifs is 1. The Morgan fingerprint density at radius 1 is 0.971 bits per heavy atom. The highest BCUT2D eigenvalue weighted by Crippen LogP contribution is 2.26. The van der Waals surface area contributed by atoms with Crippen LogP contribution in [0.25, 0.3) is 12.2 Å². The van der Waals surface area contributed by atoms with Gasteiger partial charge in [-0.15, -0.1) is 0 Å². The third-order valence-corrected chi connectivity index (χ3v) is 8.77. The Hall–Kier alpha value is -3.56. The molecule has 3 aromatic rings. The molecule has 0 unspecified atom stereocenters. The summed E-state index contributed by atoms with van der Waals surface area (Å²) in [6, 6.07) is 12.9. The van der Waals surface area contributed by atoms with Gasteiger partial charge in [0, 0.05) is 29.2 Å². The van der Waals surface area contributed by atoms with Gasteiger partial charge in [0.2, 0.25) is 5.95 Å². The van der Waals surface area contributed by atoms with Crippen LogP contribution in [0.15, 0.2) is 64.9 Å². The van der Waals surface area contributed by atoms with Crippen LogP contribution in [-0.4, -0.2) is 47.6 Å². The number of aromatic nitrogens is 2. The zero-order valence-electron chi connectivity index (χ0n) is 19.2. The summed E-state index contributed by atoms with van der Waals surface area (Å²) in [4.78, 5) is 9.08. The maximum atomic E-state index is 12.8. The molecule has 9 heteroatoms. The lowest BCUT2D eigenvalue weighted by molar-refractivity contribution is 0.318. The highest BCUT2D eigenvalue weighted by Gasteiger charge is 2.28. The van der Waals surface area contributed by atoms with Crippen LogP contribution in [-0.2, 0) is 16.3 Å². The number of benzene rings is 2. The van der Waals surface area contributed by atoms with Crippen molar-refractivity contribution in [2.75, 3.05) is 18.4 Å². The van der Waals surface area contributed by atoms with Crippen LogP contribution in [0.4, 0.5) is 11.6 Å². The monoisotopic (exact) mass is 489 g/mol. The molecule has 2 aliphatic rings. The summed E-state index contributed by atoms with van der Waals surface area (Å²) in [5.74, 6) is 0.435. The Labute approximate surface area is 204 Å². The van der Waals surface area contributed by atoms with E-state index in [-0.39, 0.29) is 5.25 Å². The molecular formula is C26H27N5O3S. The number of oxime groups is 1. The largest absolute Gasteiger partial charge is 0.411 e. The van der Waals surface area contributed by atoms with E-state index in [0.29, 0.717) is 23.7 Å². The summed E-state index contributed by atoms with van der Waals surface area (Å²) in [7, 11) is -3.32. The Balaban J connectivity index is 1.22. The second-order valence-electron chi connectivity index (χ2n) is 8.78. The van der Waals surface area contributed by atoms with Gasteiger partial charge in [0.05, 0.1) is 15.9 Å². The summed E-state index contributed by atoms with van der Waals surface area (Å²) < 4.78 is 25.7. The molecule has 0 bridgehead atoms. The number of anilines is 2. The smallest absolute Gasteiger partial charge is 0.227 e. The molecule has 0 radical (unpaired) electrons. The number of rotatable bonds is 6. The molecule has 8 nitrogen and oxygen atoms in total. The lowest BCUT2D eigenvalue weighted by Gasteiger charge is -2.22. The molecule has 35 heavy (non-hydrogen) atoms. The maximum Gasteiger partial charge on any atom is 0.227 e. The number of aryl methyl sites for hydroxylation is 1. The van der Waals surface area contributed by atoms with E-state index < -0.39 is 9.84 Å². The fourth-order valence-corrected chi connectivity index (χ4v) is 6.29. The van der Waals surface area contributed by atoms with Crippen molar-refractivity contribution in [1.82, 2.24) is 15.3 Å². The second kappa shape index (κ2) is 9.97. The third-order valence-electron chi connectivity index (χ3n) is 6.50. The van der Waals surface area contributed by atoms with E-state index in [1.54, 1.807) is 36.7 Å². The van der Waals surface area contributed by atoms with Crippen LogP contribution in [0.2, 0.25) is 0 Å². The Morgan fingerprint density at radius 3 is 2.40 bits per heavy atom. The van der Waals surface area contributed by atoms with Crippen molar-refractivity contribution in [3.63, 3.8) is 0 Å². The first-order valence-electron chi connectivity index (χ1n) is 11.7. The molecule has 0 amide bonds. The van der Waals surface area contributed by atoms with Gasteiger partial charge in [-0.1, -0.05) is 35.5 Å². The van der Waals surface area contributed by atoms with Gasteiger partial charge in [0.15, 0.2) is 9.84 Å². The lowest BCUT2D eigenvalue weighted by atomic mass is 10.1. The third kappa shape index (κ3) is 5.11. The van der Waals surface area contributed by atoms with Crippen molar-refractivity contribution in [3.05, 3.63) is 77.1 Å². The molecule has 0 saturated carbocycles. The minimum absolute atomic E-state index is 0.324. The van der Waals surface area contributed by atoms with E-state index >= 15 is 0 Å². The molecule has 1 aliphatic carbocycles. The van der Waals surface area contributed by atoms with Gasteiger partial charge in [-0.25, -0.2) is 18.4 Å². The minimum Gasteiger partial charge on any atom is -0.411 e. The summed E-state index contributed by atoms with van der Waals surface area (Å²) in [6.45, 7) is 1.47. The summed E-state index contributed by atoms with van der Waals surface area (Å²) >= 11 is 0. The van der Waals surface area contributed by atoms with Crippen molar-refractivity contribution < 1.29 is 13.6 Å². The highest BCUT2D eigenvalue weighted by molar-refractivity contribution is 7.92. The average molecular weight is 490 g/mol. The first kappa shape index (κ1) is 23.2. The fourth-order valence-electron chi connectivity index (χ4n) is 4.53. The zero-order chi connectivity index (χ0) is 24.3. The topological polar surface area (TPSA) is 117 Å². The van der Waals surface area contributed by atoms with Gasteiger partial charge >= 0.3 is 0 Å². The first-order valence-corrected chi connectivity index (χ1v) is 13.2. The fraction of sp³-hybridized carbons (Fsp3) is 0.269. The number of hydrogen-bond donors (Lipinski definition) is 3. The van der Waals surface area contributed by atoms with Crippen molar-refractivity contribution >= 4 is 39.3 Å². The van der Waals surface area contributed by atoms with Crippen molar-refractivity contribution in [2.45, 2.75) is 35.8 Å². The predicted octanol–water partition coefficient (Wildman–Crippen LogP) is 4.04. The van der Waals surface area contributed by atoms with Gasteiger partial charge in [-0.3, -0.25) is 0 Å². The SMILES string of the molecule is O=S(=O)(c1ccc(Nc2ncc(C=Cc3ccc4c(c3)CCC4=NO)cn2)cc1)C1CCNCC1. The molecule has 1 saturated heterocycles. The number of sulfone groups is 1. The van der Waals surface area contributed by atoms with Crippen molar-refractivity contribution in [2.24, 2.45) is 5.16 Å². The van der Waals surface area contributed by atoms with Crippen LogP contribution in [0.1, 0.15) is 41.5 Å². The van der Waals surface area contributed by atoms with E-state index in [0.717, 1.165) is 54.0 Å². The number of nitrogens with zero attached hydrogens (tertiary/aromatic N) is 3. The molecule has 5 rings (SSSR count). The van der Waals surface area contributed by atoms with Gasteiger partial charge in [0.25, 0.3) is 0 Å². The maximum absolute atomic E-state index is 12.8. The van der Waals surface area contributed by atoms with E-state index in [1.807, 2.05) is 24.3 Å². The summed E-state index contributed by atoms with van der Waals surface area (Å²) in [5, 5.41) is 18.4. The quantitative estimate of drug-likeness (QED) is 0.353. The molecule has 1 aliphatic heterocycles. The lowest BCUT2D eigenvalue weighted by Crippen LogP contribution is -2.35. The molecule has 0 atom stereocenters. The minimum atomic E-state index is -3.32. The van der Waals surface area contributed by atoms with Gasteiger partial charge < -0.3 is 15.8 Å². The Kier molecular flexibility index (Phi) is 6.61. The predicted molar refractivity (Wildman–Crippen MR) is 137 cm³/mol. The van der Waals surface area contributed by atoms with Crippen LogP contribution in [0.5, 0.6) is 0 Å².